The zero-order chi connectivity index (χ0) is 12.8. The second-order valence-corrected chi connectivity index (χ2v) is 4.90. The lowest BCUT2D eigenvalue weighted by Gasteiger charge is -2.04. The van der Waals surface area contributed by atoms with E-state index >= 15 is 0 Å². The molecule has 0 unspecified atom stereocenters. The van der Waals surface area contributed by atoms with Gasteiger partial charge in [0.05, 0.1) is 0 Å². The maximum atomic E-state index is 5.62. The van der Waals surface area contributed by atoms with Gasteiger partial charge in [-0.1, -0.05) is 31.2 Å². The van der Waals surface area contributed by atoms with Crippen LogP contribution in [0.25, 0.3) is 0 Å². The van der Waals surface area contributed by atoms with Crippen LogP contribution < -0.4 is 11.1 Å². The molecule has 0 fully saturated rings. The van der Waals surface area contributed by atoms with Crippen molar-refractivity contribution in [3.05, 3.63) is 41.2 Å². The largest absolute Gasteiger partial charge is 0.356 e. The van der Waals surface area contributed by atoms with Gasteiger partial charge >= 0.3 is 0 Å². The minimum atomic E-state index is 0.577. The number of nitrogens with zero attached hydrogens (tertiary/aromatic N) is 2. The van der Waals surface area contributed by atoms with E-state index in [-0.39, 0.29) is 0 Å². The molecule has 0 atom stereocenters. The van der Waals surface area contributed by atoms with Crippen LogP contribution in [0, 0.1) is 0 Å². The molecule has 0 aliphatic heterocycles. The number of aromatic nitrogens is 2. The summed E-state index contributed by atoms with van der Waals surface area (Å²) in [6, 6.07) is 8.26. The number of anilines is 1. The van der Waals surface area contributed by atoms with Crippen molar-refractivity contribution in [3.63, 3.8) is 0 Å². The molecule has 0 saturated heterocycles. The van der Waals surface area contributed by atoms with Crippen LogP contribution in [0.2, 0.25) is 0 Å². The van der Waals surface area contributed by atoms with Crippen LogP contribution in [-0.4, -0.2) is 9.36 Å². The summed E-state index contributed by atoms with van der Waals surface area (Å²) in [6.07, 6.45) is 2.02. The van der Waals surface area contributed by atoms with E-state index in [1.165, 1.54) is 17.1 Å². The number of hydrogen-bond donors (Lipinski definition) is 2. The molecule has 4 nitrogen and oxygen atoms in total. The molecule has 2 rings (SSSR count). The number of aryl methyl sites for hydroxylation is 1. The van der Waals surface area contributed by atoms with Crippen LogP contribution in [-0.2, 0) is 19.5 Å². The van der Waals surface area contributed by atoms with Crippen molar-refractivity contribution in [2.45, 2.75) is 32.9 Å². The topological polar surface area (TPSA) is 63.8 Å². The van der Waals surface area contributed by atoms with Crippen LogP contribution in [0.1, 0.15) is 30.3 Å². The van der Waals surface area contributed by atoms with Gasteiger partial charge in [-0.3, -0.25) is 0 Å². The summed E-state index contributed by atoms with van der Waals surface area (Å²) in [7, 11) is 0. The van der Waals surface area contributed by atoms with E-state index < -0.39 is 0 Å². The molecule has 2 aromatic rings. The SMILES string of the molecule is CCCc1nsc(NCc2cccc(CN)c2)n1. The number of hydrogen-bond acceptors (Lipinski definition) is 5. The molecule has 0 amide bonds. The Morgan fingerprint density at radius 1 is 1.33 bits per heavy atom. The van der Waals surface area contributed by atoms with Gasteiger partial charge in [-0.25, -0.2) is 4.98 Å². The molecule has 0 spiro atoms. The lowest BCUT2D eigenvalue weighted by atomic mass is 10.1. The average molecular weight is 262 g/mol. The number of nitrogens with two attached hydrogens (primary N) is 1. The summed E-state index contributed by atoms with van der Waals surface area (Å²) >= 11 is 1.42. The summed E-state index contributed by atoms with van der Waals surface area (Å²) < 4.78 is 4.30. The zero-order valence-electron chi connectivity index (χ0n) is 10.5. The van der Waals surface area contributed by atoms with Crippen molar-refractivity contribution in [2.24, 2.45) is 5.73 Å². The van der Waals surface area contributed by atoms with Gasteiger partial charge < -0.3 is 11.1 Å². The molecule has 0 radical (unpaired) electrons. The first kappa shape index (κ1) is 13.0. The third kappa shape index (κ3) is 3.51. The second kappa shape index (κ2) is 6.47. The molecule has 0 aliphatic rings. The Hall–Kier alpha value is -1.46. The van der Waals surface area contributed by atoms with Crippen molar-refractivity contribution < 1.29 is 0 Å². The third-order valence-electron chi connectivity index (χ3n) is 2.61. The summed E-state index contributed by atoms with van der Waals surface area (Å²) in [4.78, 5) is 4.43. The minimum absolute atomic E-state index is 0.577. The fraction of sp³-hybridized carbons (Fsp3) is 0.385. The van der Waals surface area contributed by atoms with E-state index in [1.54, 1.807) is 0 Å². The molecule has 1 aromatic heterocycles. The molecule has 5 heteroatoms. The van der Waals surface area contributed by atoms with Crippen molar-refractivity contribution in [2.75, 3.05) is 5.32 Å². The highest BCUT2D eigenvalue weighted by Crippen LogP contribution is 2.14. The number of rotatable bonds is 6. The normalized spacial score (nSPS) is 10.6. The molecule has 1 heterocycles. The van der Waals surface area contributed by atoms with E-state index in [1.807, 2.05) is 12.1 Å². The first-order chi connectivity index (χ1) is 8.81. The van der Waals surface area contributed by atoms with Crippen LogP contribution >= 0.6 is 11.5 Å². The molecule has 3 N–H and O–H groups in total. The van der Waals surface area contributed by atoms with E-state index in [9.17, 15) is 0 Å². The second-order valence-electron chi connectivity index (χ2n) is 4.14. The zero-order valence-corrected chi connectivity index (χ0v) is 11.3. The molecular formula is C13H18N4S. The standard InChI is InChI=1S/C13H18N4S/c1-2-4-12-16-13(18-17-12)15-9-11-6-3-5-10(7-11)8-14/h3,5-7H,2,4,8-9,14H2,1H3,(H,15,16,17). The van der Waals surface area contributed by atoms with Crippen LogP contribution in [0.3, 0.4) is 0 Å². The van der Waals surface area contributed by atoms with E-state index in [0.717, 1.165) is 35.9 Å². The predicted octanol–water partition coefficient (Wildman–Crippen LogP) is 2.56. The molecule has 96 valence electrons. The summed E-state index contributed by atoms with van der Waals surface area (Å²) in [5, 5.41) is 4.18. The lowest BCUT2D eigenvalue weighted by Crippen LogP contribution is -2.01. The Bertz CT molecular complexity index is 495. The number of nitrogens with one attached hydrogen (secondary N) is 1. The molecule has 0 aliphatic carbocycles. The molecule has 0 saturated carbocycles. The van der Waals surface area contributed by atoms with Gasteiger partial charge in [0.15, 0.2) is 0 Å². The Labute approximate surface area is 111 Å². The first-order valence-electron chi connectivity index (χ1n) is 6.16. The summed E-state index contributed by atoms with van der Waals surface area (Å²) in [6.45, 7) is 3.47. The predicted molar refractivity (Wildman–Crippen MR) is 75.6 cm³/mol. The maximum absolute atomic E-state index is 5.62. The Kier molecular flexibility index (Phi) is 4.66. The molecular weight excluding hydrogens is 244 g/mol. The van der Waals surface area contributed by atoms with Crippen LogP contribution in [0.5, 0.6) is 0 Å². The molecule has 1 aromatic carbocycles. The fourth-order valence-corrected chi connectivity index (χ4v) is 2.30. The smallest absolute Gasteiger partial charge is 0.202 e. The highest BCUT2D eigenvalue weighted by molar-refractivity contribution is 7.09. The number of benzene rings is 1. The van der Waals surface area contributed by atoms with Crippen molar-refractivity contribution >= 4 is 16.7 Å². The van der Waals surface area contributed by atoms with Crippen LogP contribution in [0.4, 0.5) is 5.13 Å². The van der Waals surface area contributed by atoms with Gasteiger partial charge in [0.25, 0.3) is 0 Å². The van der Waals surface area contributed by atoms with Gasteiger partial charge in [0.2, 0.25) is 5.13 Å². The first-order valence-corrected chi connectivity index (χ1v) is 6.93. The van der Waals surface area contributed by atoms with Gasteiger partial charge in [-0.2, -0.15) is 4.37 Å². The van der Waals surface area contributed by atoms with Gasteiger partial charge in [-0.05, 0) is 17.5 Å². The Balaban J connectivity index is 1.93. The van der Waals surface area contributed by atoms with E-state index in [0.29, 0.717) is 6.54 Å². The lowest BCUT2D eigenvalue weighted by molar-refractivity contribution is 0.861. The van der Waals surface area contributed by atoms with Gasteiger partial charge in [0, 0.05) is 31.0 Å². The summed E-state index contributed by atoms with van der Waals surface area (Å²) in [5.41, 5.74) is 7.99. The van der Waals surface area contributed by atoms with E-state index in [2.05, 4.69) is 33.7 Å². The average Bonchev–Trinajstić information content (AvgIpc) is 2.85. The highest BCUT2D eigenvalue weighted by Gasteiger charge is 2.02. The highest BCUT2D eigenvalue weighted by atomic mass is 32.1. The molecule has 0 bridgehead atoms. The van der Waals surface area contributed by atoms with Gasteiger partial charge in [-0.15, -0.1) is 0 Å². The van der Waals surface area contributed by atoms with Crippen molar-refractivity contribution in [3.8, 4) is 0 Å². The fourth-order valence-electron chi connectivity index (χ4n) is 1.70. The van der Waals surface area contributed by atoms with Crippen molar-refractivity contribution in [1.82, 2.24) is 9.36 Å². The molecule has 18 heavy (non-hydrogen) atoms. The van der Waals surface area contributed by atoms with Gasteiger partial charge in [0.1, 0.15) is 5.82 Å². The minimum Gasteiger partial charge on any atom is -0.356 e. The van der Waals surface area contributed by atoms with Crippen molar-refractivity contribution in [1.29, 1.82) is 0 Å². The van der Waals surface area contributed by atoms with E-state index in [4.69, 9.17) is 5.73 Å². The van der Waals surface area contributed by atoms with Crippen LogP contribution in [0.15, 0.2) is 24.3 Å². The summed E-state index contributed by atoms with van der Waals surface area (Å²) in [5.74, 6) is 0.931. The Morgan fingerprint density at radius 2 is 2.17 bits per heavy atom. The Morgan fingerprint density at radius 3 is 2.94 bits per heavy atom. The third-order valence-corrected chi connectivity index (χ3v) is 3.32. The monoisotopic (exact) mass is 262 g/mol. The maximum Gasteiger partial charge on any atom is 0.202 e. The quantitative estimate of drug-likeness (QED) is 0.840.